The molecule has 3 heteroatoms. The average molecular weight is 237 g/mol. The molecule has 2 unspecified atom stereocenters. The second-order valence-electron chi connectivity index (χ2n) is 4.70. The molecule has 0 bridgehead atoms. The fourth-order valence-corrected chi connectivity index (χ4v) is 6.07. The van der Waals surface area contributed by atoms with Gasteiger partial charge in [0.25, 0.3) is 0 Å². The van der Waals surface area contributed by atoms with Crippen LogP contribution < -0.4 is 5.30 Å². The van der Waals surface area contributed by atoms with Crippen LogP contribution in [0.3, 0.4) is 0 Å². The van der Waals surface area contributed by atoms with Crippen molar-refractivity contribution in [3.05, 3.63) is 29.8 Å². The number of benzene rings is 1. The largest absolute Gasteiger partial charge is 0.301 e. The minimum Gasteiger partial charge on any atom is -0.301 e. The Labute approximate surface area is 98.1 Å². The van der Waals surface area contributed by atoms with Gasteiger partial charge in [0.2, 0.25) is 0 Å². The smallest absolute Gasteiger partial charge is 0.181 e. The first-order chi connectivity index (χ1) is 7.60. The summed E-state index contributed by atoms with van der Waals surface area (Å²) in [7, 11) is 1.55. The van der Waals surface area contributed by atoms with Crippen molar-refractivity contribution in [1.29, 1.82) is 0 Å². The lowest BCUT2D eigenvalue weighted by molar-refractivity contribution is 0.496. The van der Waals surface area contributed by atoms with E-state index in [1.54, 1.807) is 0 Å². The standard InChI is InChI=1S/C13H20NOP/c1-4-12-10-9-11-7-5-6-8-13(11)16(12,15)14(2)3/h5-8,12H,4,9-10H2,1-3H3. The van der Waals surface area contributed by atoms with E-state index in [1.165, 1.54) is 5.56 Å². The van der Waals surface area contributed by atoms with Gasteiger partial charge < -0.3 is 4.57 Å². The van der Waals surface area contributed by atoms with Crippen LogP contribution in [0.4, 0.5) is 0 Å². The Morgan fingerprint density at radius 2 is 2.06 bits per heavy atom. The monoisotopic (exact) mass is 237 g/mol. The van der Waals surface area contributed by atoms with Gasteiger partial charge >= 0.3 is 0 Å². The molecule has 16 heavy (non-hydrogen) atoms. The Balaban J connectivity index is 2.58. The van der Waals surface area contributed by atoms with Crippen LogP contribution >= 0.6 is 7.29 Å². The molecule has 2 rings (SSSR count). The summed E-state index contributed by atoms with van der Waals surface area (Å²) in [5.74, 6) is 0. The molecule has 0 aromatic heterocycles. The second-order valence-corrected chi connectivity index (χ2v) is 7.96. The maximum Gasteiger partial charge on any atom is 0.181 e. The molecule has 0 radical (unpaired) electrons. The average Bonchev–Trinajstić information content (AvgIpc) is 2.29. The van der Waals surface area contributed by atoms with Crippen LogP contribution in [0.15, 0.2) is 24.3 Å². The summed E-state index contributed by atoms with van der Waals surface area (Å²) < 4.78 is 15.2. The van der Waals surface area contributed by atoms with Crippen molar-refractivity contribution in [3.63, 3.8) is 0 Å². The summed E-state index contributed by atoms with van der Waals surface area (Å²) in [6.45, 7) is 2.15. The number of rotatable bonds is 2. The molecule has 0 fully saturated rings. The first-order valence-corrected chi connectivity index (χ1v) is 7.69. The Morgan fingerprint density at radius 3 is 2.69 bits per heavy atom. The molecule has 1 aromatic rings. The van der Waals surface area contributed by atoms with Crippen molar-refractivity contribution in [2.75, 3.05) is 14.1 Å². The van der Waals surface area contributed by atoms with E-state index in [2.05, 4.69) is 19.1 Å². The van der Waals surface area contributed by atoms with E-state index in [9.17, 15) is 4.57 Å². The van der Waals surface area contributed by atoms with Gasteiger partial charge in [-0.15, -0.1) is 0 Å². The molecule has 0 saturated heterocycles. The summed E-state index contributed by atoms with van der Waals surface area (Å²) in [6.07, 6.45) is 3.14. The lowest BCUT2D eigenvalue weighted by Crippen LogP contribution is -2.33. The Hall–Kier alpha value is -0.590. The number of aryl methyl sites for hydroxylation is 1. The van der Waals surface area contributed by atoms with Crippen LogP contribution in [0.2, 0.25) is 0 Å². The summed E-state index contributed by atoms with van der Waals surface area (Å²) in [5, 5.41) is 1.10. The maximum absolute atomic E-state index is 13.2. The summed E-state index contributed by atoms with van der Waals surface area (Å²) in [5.41, 5.74) is 1.61. The van der Waals surface area contributed by atoms with Gasteiger partial charge in [-0.2, -0.15) is 0 Å². The van der Waals surface area contributed by atoms with Crippen LogP contribution in [0.1, 0.15) is 25.3 Å². The Bertz CT molecular complexity index is 428. The van der Waals surface area contributed by atoms with E-state index in [-0.39, 0.29) is 0 Å². The van der Waals surface area contributed by atoms with Crippen LogP contribution in [0.25, 0.3) is 0 Å². The zero-order valence-corrected chi connectivity index (χ0v) is 11.2. The van der Waals surface area contributed by atoms with Gasteiger partial charge in [-0.1, -0.05) is 25.1 Å². The summed E-state index contributed by atoms with van der Waals surface area (Å²) in [6, 6.07) is 8.23. The molecule has 1 heterocycles. The number of fused-ring (bicyclic) bond motifs is 1. The summed E-state index contributed by atoms with van der Waals surface area (Å²) in [4.78, 5) is 0. The van der Waals surface area contributed by atoms with E-state index < -0.39 is 7.29 Å². The van der Waals surface area contributed by atoms with E-state index in [0.29, 0.717) is 5.66 Å². The number of hydrogen-bond acceptors (Lipinski definition) is 1. The van der Waals surface area contributed by atoms with Gasteiger partial charge in [0.15, 0.2) is 7.29 Å². The van der Waals surface area contributed by atoms with Crippen molar-refractivity contribution >= 4 is 12.6 Å². The van der Waals surface area contributed by atoms with E-state index in [4.69, 9.17) is 0 Å². The highest BCUT2D eigenvalue weighted by atomic mass is 31.2. The highest BCUT2D eigenvalue weighted by Crippen LogP contribution is 2.56. The highest BCUT2D eigenvalue weighted by Gasteiger charge is 2.40. The predicted molar refractivity (Wildman–Crippen MR) is 69.8 cm³/mol. The summed E-state index contributed by atoms with van der Waals surface area (Å²) >= 11 is 0. The van der Waals surface area contributed by atoms with Gasteiger partial charge in [0.1, 0.15) is 0 Å². The van der Waals surface area contributed by atoms with Gasteiger partial charge in [0.05, 0.1) is 0 Å². The topological polar surface area (TPSA) is 20.3 Å². The molecule has 2 atom stereocenters. The zero-order chi connectivity index (χ0) is 11.8. The third kappa shape index (κ3) is 1.65. The predicted octanol–water partition coefficient (Wildman–Crippen LogP) is 2.88. The molecule has 88 valence electrons. The van der Waals surface area contributed by atoms with Crippen LogP contribution in [0, 0.1) is 0 Å². The van der Waals surface area contributed by atoms with Gasteiger partial charge in [-0.25, -0.2) is 0 Å². The van der Waals surface area contributed by atoms with Crippen molar-refractivity contribution in [2.45, 2.75) is 31.8 Å². The molecule has 0 amide bonds. The molecule has 0 aliphatic carbocycles. The van der Waals surface area contributed by atoms with Crippen LogP contribution in [-0.2, 0) is 11.0 Å². The second kappa shape index (κ2) is 4.35. The van der Waals surface area contributed by atoms with Gasteiger partial charge in [-0.3, -0.25) is 4.67 Å². The first-order valence-electron chi connectivity index (χ1n) is 5.96. The third-order valence-electron chi connectivity index (χ3n) is 3.64. The van der Waals surface area contributed by atoms with Crippen molar-refractivity contribution in [2.24, 2.45) is 0 Å². The quantitative estimate of drug-likeness (QED) is 0.737. The normalized spacial score (nSPS) is 29.1. The van der Waals surface area contributed by atoms with Crippen molar-refractivity contribution in [1.82, 2.24) is 4.67 Å². The maximum atomic E-state index is 13.2. The first kappa shape index (κ1) is 11.9. The number of nitrogens with zero attached hydrogens (tertiary/aromatic N) is 1. The SMILES string of the molecule is CCC1CCc2ccccc2P1(=O)N(C)C. The fraction of sp³-hybridized carbons (Fsp3) is 0.538. The lowest BCUT2D eigenvalue weighted by atomic mass is 10.1. The highest BCUT2D eigenvalue weighted by molar-refractivity contribution is 7.70. The van der Waals surface area contributed by atoms with Gasteiger partial charge in [-0.05, 0) is 45.0 Å². The van der Waals surface area contributed by atoms with Crippen molar-refractivity contribution in [3.8, 4) is 0 Å². The van der Waals surface area contributed by atoms with Crippen LogP contribution in [-0.4, -0.2) is 24.4 Å². The van der Waals surface area contributed by atoms with Gasteiger partial charge in [0, 0.05) is 11.0 Å². The molecule has 2 nitrogen and oxygen atoms in total. The van der Waals surface area contributed by atoms with E-state index >= 15 is 0 Å². The minimum atomic E-state index is -2.35. The molecular formula is C13H20NOP. The molecule has 0 spiro atoms. The molecule has 0 saturated carbocycles. The number of hydrogen-bond donors (Lipinski definition) is 0. The Morgan fingerprint density at radius 1 is 1.38 bits per heavy atom. The molecule has 1 aliphatic heterocycles. The van der Waals surface area contributed by atoms with E-state index in [1.807, 2.05) is 30.9 Å². The molecule has 0 N–H and O–H groups in total. The van der Waals surface area contributed by atoms with Crippen LogP contribution in [0.5, 0.6) is 0 Å². The molecule has 1 aliphatic rings. The zero-order valence-electron chi connectivity index (χ0n) is 10.3. The van der Waals surface area contributed by atoms with E-state index in [0.717, 1.165) is 24.6 Å². The fourth-order valence-electron chi connectivity index (χ4n) is 2.72. The third-order valence-corrected chi connectivity index (χ3v) is 7.57. The van der Waals surface area contributed by atoms with Crippen molar-refractivity contribution < 1.29 is 4.57 Å². The Kier molecular flexibility index (Phi) is 3.23. The minimum absolute atomic E-state index is 0.331. The molecule has 1 aromatic carbocycles. The lowest BCUT2D eigenvalue weighted by Gasteiger charge is -2.37. The molecular weight excluding hydrogens is 217 g/mol.